The van der Waals surface area contributed by atoms with Crippen molar-refractivity contribution in [2.45, 2.75) is 129 Å². The number of hydrogen-bond acceptors (Lipinski definition) is 4. The fraction of sp³-hybridized carbons (Fsp3) is 0.294. The topological polar surface area (TPSA) is 21.3 Å². The highest BCUT2D eigenvalue weighted by Gasteiger charge is 2.48. The van der Waals surface area contributed by atoms with E-state index in [1.165, 1.54) is 154 Å². The van der Waals surface area contributed by atoms with Gasteiger partial charge in [0.1, 0.15) is 11.2 Å². The molecule has 0 amide bonds. The summed E-state index contributed by atoms with van der Waals surface area (Å²) in [6.07, 6.45) is 4.73. The quantitative estimate of drug-likeness (QED) is 0.153. The summed E-state index contributed by atoms with van der Waals surface area (Å²) in [7, 11) is 0. The van der Waals surface area contributed by atoms with Crippen LogP contribution in [0.15, 0.2) is 126 Å². The van der Waals surface area contributed by atoms with E-state index in [-0.39, 0.29) is 33.9 Å². The summed E-state index contributed by atoms with van der Waals surface area (Å²) < 4.78 is 15.1. The van der Waals surface area contributed by atoms with E-state index in [9.17, 15) is 0 Å². The monoisotopic (exact) mass is 996 g/mol. The van der Waals surface area contributed by atoms with Crippen LogP contribution in [-0.4, -0.2) is 11.4 Å². The van der Waals surface area contributed by atoms with E-state index < -0.39 is 0 Å². The van der Waals surface area contributed by atoms with Gasteiger partial charge in [-0.05, 0) is 152 Å². The predicted molar refractivity (Wildman–Crippen MR) is 322 cm³/mol. The van der Waals surface area contributed by atoms with Crippen LogP contribution in [-0.2, 0) is 27.1 Å². The molecule has 12 aromatic rings. The summed E-state index contributed by atoms with van der Waals surface area (Å²) in [6.45, 7) is 26.6. The molecule has 4 aliphatic rings. The first-order valence-corrected chi connectivity index (χ1v) is 28.8. The zero-order valence-electron chi connectivity index (χ0n) is 44.6. The van der Waals surface area contributed by atoms with Crippen molar-refractivity contribution in [3.05, 3.63) is 149 Å². The largest absolute Gasteiger partial charge is 0.456 e. The molecule has 0 unspecified atom stereocenters. The molecule has 3 nitrogen and oxygen atoms in total. The van der Waals surface area contributed by atoms with Crippen molar-refractivity contribution in [3.8, 4) is 16.8 Å². The van der Waals surface area contributed by atoms with Crippen molar-refractivity contribution in [1.29, 1.82) is 0 Å². The minimum Gasteiger partial charge on any atom is -0.456 e. The summed E-state index contributed by atoms with van der Waals surface area (Å²) in [4.78, 5) is 2.77. The van der Waals surface area contributed by atoms with E-state index in [4.69, 9.17) is 4.42 Å². The van der Waals surface area contributed by atoms with Crippen LogP contribution in [0.2, 0.25) is 0 Å². The van der Waals surface area contributed by atoms with Crippen LogP contribution in [0.3, 0.4) is 0 Å². The van der Waals surface area contributed by atoms with Gasteiger partial charge in [-0.2, -0.15) is 0 Å². The van der Waals surface area contributed by atoms with Crippen LogP contribution < -0.4 is 15.7 Å². The van der Waals surface area contributed by atoms with Gasteiger partial charge in [0.2, 0.25) is 0 Å². The van der Waals surface area contributed by atoms with Gasteiger partial charge in [-0.3, -0.25) is 0 Å². The molecular weight excluding hydrogens is 936 g/mol. The maximum Gasteiger partial charge on any atom is 0.333 e. The molecule has 0 N–H and O–H groups in total. The van der Waals surface area contributed by atoms with E-state index in [2.05, 4.69) is 207 Å². The van der Waals surface area contributed by atoms with Crippen LogP contribution in [0.4, 0.5) is 11.4 Å². The van der Waals surface area contributed by atoms with Crippen molar-refractivity contribution in [2.75, 3.05) is 4.81 Å². The predicted octanol–water partition coefficient (Wildman–Crippen LogP) is 18.7. The zero-order valence-corrected chi connectivity index (χ0v) is 46.2. The van der Waals surface area contributed by atoms with Crippen LogP contribution >= 0.6 is 22.7 Å². The zero-order chi connectivity index (χ0) is 50.5. The molecule has 16 rings (SSSR count). The number of para-hydroxylation sites is 1. The van der Waals surface area contributed by atoms with Gasteiger partial charge in [0.05, 0.1) is 11.0 Å². The number of fused-ring (bicyclic) bond motifs is 21. The summed E-state index contributed by atoms with van der Waals surface area (Å²) in [6, 6.07) is 48.2. The normalized spacial score (nSPS) is 18.1. The van der Waals surface area contributed by atoms with Gasteiger partial charge >= 0.3 is 6.85 Å². The number of anilines is 2. The molecule has 8 aromatic carbocycles. The molecule has 0 saturated carbocycles. The first-order valence-electron chi connectivity index (χ1n) is 27.2. The highest BCUT2D eigenvalue weighted by atomic mass is 32.1. The van der Waals surface area contributed by atoms with E-state index >= 15 is 0 Å². The number of thiophene rings is 2. The lowest BCUT2D eigenvalue weighted by Crippen LogP contribution is -2.60. The number of nitrogens with zero attached hydrogens (tertiary/aromatic N) is 2. The van der Waals surface area contributed by atoms with Crippen LogP contribution in [0.1, 0.15) is 130 Å². The average molecular weight is 997 g/mol. The SMILES string of the molecule is CC(C)(C)c1ccc(N2B3c4cc5c(cc4-n4c6cc7c(cc6c6c8c(sc9ccccc98)c(c3c64)-c3cc4sc6cc8c(cc6c4cc32)C(C)(C)CCC8(C)C)C(C)(C)CCC7(C)C)oc2ccccc25)cc1. The number of benzene rings is 8. The van der Waals surface area contributed by atoms with Crippen LogP contribution in [0, 0.1) is 0 Å². The highest BCUT2D eigenvalue weighted by molar-refractivity contribution is 7.27. The number of hydrogen-bond donors (Lipinski definition) is 0. The Kier molecular flexibility index (Phi) is 8.28. The Hall–Kier alpha value is -6.34. The molecule has 364 valence electrons. The Bertz CT molecular complexity index is 4540. The standard InChI is InChI=1S/C68H61BN2OS2/c1-64(2,3)36-20-22-37(23-21-36)71-51-31-42-41-28-45-48(68(10,11)27-25-65(45,4)5)34-57(41)73-56(42)32-44(51)60-61-62-58(59-39-17-13-15-19-55(39)74-63(59)60)43-29-46-47(67(8,9)26-24-66(46,6)7)33-50(43)70(62)52-35-54-40(30-49(52)69(61)71)38-16-12-14-18-53(38)72-54/h12-23,28-35H,24-27H2,1-11H3. The van der Waals surface area contributed by atoms with Crippen molar-refractivity contribution in [3.63, 3.8) is 0 Å². The maximum absolute atomic E-state index is 6.90. The van der Waals surface area contributed by atoms with E-state index in [1.54, 1.807) is 0 Å². The smallest absolute Gasteiger partial charge is 0.333 e. The van der Waals surface area contributed by atoms with Gasteiger partial charge in [-0.1, -0.05) is 131 Å². The molecule has 6 heterocycles. The maximum atomic E-state index is 6.90. The highest BCUT2D eigenvalue weighted by Crippen LogP contribution is 2.57. The summed E-state index contributed by atoms with van der Waals surface area (Å²) in [5.74, 6) is 0. The summed E-state index contributed by atoms with van der Waals surface area (Å²) in [5, 5.41) is 10.6. The number of rotatable bonds is 1. The molecule has 0 saturated heterocycles. The molecule has 6 heteroatoms. The second-order valence-electron chi connectivity index (χ2n) is 26.5. The van der Waals surface area contributed by atoms with E-state index in [0.717, 1.165) is 23.0 Å². The van der Waals surface area contributed by atoms with Crippen molar-refractivity contribution >= 4 is 136 Å². The molecule has 0 spiro atoms. The fourth-order valence-corrected chi connectivity index (χ4v) is 17.2. The third-order valence-corrected chi connectivity index (χ3v) is 21.5. The molecule has 0 radical (unpaired) electrons. The van der Waals surface area contributed by atoms with Gasteiger partial charge in [0, 0.05) is 96.1 Å². The average Bonchev–Trinajstić information content (AvgIpc) is 4.30. The second-order valence-corrected chi connectivity index (χ2v) is 28.7. The van der Waals surface area contributed by atoms with Gasteiger partial charge < -0.3 is 13.8 Å². The van der Waals surface area contributed by atoms with Crippen molar-refractivity contribution in [1.82, 2.24) is 4.57 Å². The first kappa shape index (κ1) is 44.0. The first-order chi connectivity index (χ1) is 35.3. The Balaban J connectivity index is 1.13. The lowest BCUT2D eigenvalue weighted by atomic mass is 9.43. The van der Waals surface area contributed by atoms with E-state index in [0.29, 0.717) is 0 Å². The van der Waals surface area contributed by atoms with Crippen molar-refractivity contribution < 1.29 is 4.42 Å². The minimum atomic E-state index is -0.141. The Morgan fingerprint density at radius 2 is 1.12 bits per heavy atom. The molecule has 2 aliphatic heterocycles. The lowest BCUT2D eigenvalue weighted by Gasteiger charge is -2.42. The van der Waals surface area contributed by atoms with E-state index in [1.807, 2.05) is 22.7 Å². The molecule has 4 aromatic heterocycles. The van der Waals surface area contributed by atoms with Crippen LogP contribution in [0.25, 0.3) is 101 Å². The fourth-order valence-electron chi connectivity index (χ4n) is 14.8. The molecule has 0 bridgehead atoms. The molecule has 0 fully saturated rings. The lowest BCUT2D eigenvalue weighted by molar-refractivity contribution is 0.332. The minimum absolute atomic E-state index is 0.0156. The third-order valence-electron chi connectivity index (χ3n) is 19.2. The van der Waals surface area contributed by atoms with Gasteiger partial charge in [0.15, 0.2) is 0 Å². The van der Waals surface area contributed by atoms with Gasteiger partial charge in [0.25, 0.3) is 0 Å². The third kappa shape index (κ3) is 5.59. The van der Waals surface area contributed by atoms with Crippen molar-refractivity contribution in [2.24, 2.45) is 0 Å². The number of aromatic nitrogens is 1. The molecule has 0 atom stereocenters. The number of furan rings is 1. The summed E-state index contributed by atoms with van der Waals surface area (Å²) >= 11 is 4.00. The Morgan fingerprint density at radius 3 is 1.82 bits per heavy atom. The Morgan fingerprint density at radius 1 is 0.514 bits per heavy atom. The molecule has 2 aliphatic carbocycles. The molecule has 74 heavy (non-hydrogen) atoms. The van der Waals surface area contributed by atoms with Crippen LogP contribution in [0.5, 0.6) is 0 Å². The molecular formula is C68H61BN2OS2. The second kappa shape index (κ2) is 13.9. The summed E-state index contributed by atoms with van der Waals surface area (Å²) in [5.41, 5.74) is 21.4. The Labute approximate surface area is 441 Å². The van der Waals surface area contributed by atoms with Gasteiger partial charge in [-0.15, -0.1) is 22.7 Å². The van der Waals surface area contributed by atoms with Gasteiger partial charge in [-0.25, -0.2) is 0 Å².